The number of rotatable bonds is 4. The van der Waals surface area contributed by atoms with Gasteiger partial charge in [-0.05, 0) is 25.0 Å². The molecule has 0 radical (unpaired) electrons. The summed E-state index contributed by atoms with van der Waals surface area (Å²) in [5, 5.41) is 1.54. The van der Waals surface area contributed by atoms with Crippen molar-refractivity contribution < 1.29 is 13.2 Å². The molecule has 0 saturated heterocycles. The number of hydrogen-bond donors (Lipinski definition) is 1. The quantitative estimate of drug-likeness (QED) is 0.933. The average Bonchev–Trinajstić information content (AvgIpc) is 2.90. The van der Waals surface area contributed by atoms with Crippen molar-refractivity contribution >= 4 is 32.3 Å². The molecule has 1 fully saturated rings. The van der Waals surface area contributed by atoms with E-state index in [0.717, 1.165) is 17.5 Å². The van der Waals surface area contributed by atoms with E-state index in [4.69, 9.17) is 0 Å². The second-order valence-electron chi connectivity index (χ2n) is 6.06. The molecule has 23 heavy (non-hydrogen) atoms. The largest absolute Gasteiger partial charge is 0.377 e. The Morgan fingerprint density at radius 3 is 2.43 bits per heavy atom. The van der Waals surface area contributed by atoms with Crippen LogP contribution in [0.4, 0.5) is 5.69 Å². The van der Waals surface area contributed by atoms with Gasteiger partial charge in [-0.3, -0.25) is 4.79 Å². The minimum atomic E-state index is -3.74. The number of nitrogens with one attached hydrogen (secondary N) is 1. The lowest BCUT2D eigenvalue weighted by molar-refractivity contribution is -0.118. The van der Waals surface area contributed by atoms with Crippen molar-refractivity contribution in [2.24, 2.45) is 0 Å². The fraction of sp³-hybridized carbons (Fsp3) is 0.353. The molecule has 0 heterocycles. The molecule has 5 nitrogen and oxygen atoms in total. The van der Waals surface area contributed by atoms with E-state index in [2.05, 4.69) is 4.72 Å². The molecule has 1 atom stereocenters. The Morgan fingerprint density at radius 2 is 1.78 bits per heavy atom. The number of carbonyl (C=O) groups is 1. The first-order valence-electron chi connectivity index (χ1n) is 7.64. The van der Waals surface area contributed by atoms with Crippen molar-refractivity contribution in [3.63, 3.8) is 0 Å². The van der Waals surface area contributed by atoms with Crippen LogP contribution in [-0.4, -0.2) is 34.3 Å². The number of hydrogen-bond acceptors (Lipinski definition) is 4. The van der Waals surface area contributed by atoms with Gasteiger partial charge in [0.2, 0.25) is 10.0 Å². The molecule has 1 saturated carbocycles. The minimum absolute atomic E-state index is 0.0252. The van der Waals surface area contributed by atoms with Crippen molar-refractivity contribution in [2.45, 2.75) is 30.2 Å². The highest BCUT2D eigenvalue weighted by Crippen LogP contribution is 2.30. The van der Waals surface area contributed by atoms with E-state index in [0.29, 0.717) is 18.2 Å². The second-order valence-corrected chi connectivity index (χ2v) is 7.74. The SMILES string of the molecule is CN(C)c1cccc2c(S(=O)(=O)NC3CCCC3=O)cccc12. The highest BCUT2D eigenvalue weighted by atomic mass is 32.2. The fourth-order valence-electron chi connectivity index (χ4n) is 3.08. The van der Waals surface area contributed by atoms with E-state index in [1.54, 1.807) is 18.2 Å². The van der Waals surface area contributed by atoms with Gasteiger partial charge in [-0.25, -0.2) is 13.1 Å². The van der Waals surface area contributed by atoms with Gasteiger partial charge >= 0.3 is 0 Å². The highest BCUT2D eigenvalue weighted by molar-refractivity contribution is 7.89. The van der Waals surface area contributed by atoms with E-state index in [1.807, 2.05) is 37.2 Å². The van der Waals surface area contributed by atoms with Crippen LogP contribution in [0.25, 0.3) is 10.8 Å². The van der Waals surface area contributed by atoms with Gasteiger partial charge in [0.15, 0.2) is 5.78 Å². The third-order valence-corrected chi connectivity index (χ3v) is 5.76. The number of ketones is 1. The Morgan fingerprint density at radius 1 is 1.09 bits per heavy atom. The monoisotopic (exact) mass is 332 g/mol. The van der Waals surface area contributed by atoms with Crippen molar-refractivity contribution in [1.29, 1.82) is 0 Å². The van der Waals surface area contributed by atoms with E-state index >= 15 is 0 Å². The van der Waals surface area contributed by atoms with Crippen LogP contribution >= 0.6 is 0 Å². The van der Waals surface area contributed by atoms with E-state index in [1.165, 1.54) is 0 Å². The first kappa shape index (κ1) is 16.0. The van der Waals surface area contributed by atoms with Gasteiger partial charge in [-0.15, -0.1) is 0 Å². The number of anilines is 1. The van der Waals surface area contributed by atoms with Gasteiger partial charge < -0.3 is 4.90 Å². The number of fused-ring (bicyclic) bond motifs is 1. The molecule has 2 aromatic carbocycles. The van der Waals surface area contributed by atoms with Gasteiger partial charge in [-0.2, -0.15) is 0 Å². The third-order valence-electron chi connectivity index (χ3n) is 4.23. The van der Waals surface area contributed by atoms with Crippen LogP contribution in [0, 0.1) is 0 Å². The summed E-state index contributed by atoms with van der Waals surface area (Å²) in [7, 11) is 0.109. The second kappa shape index (κ2) is 5.94. The van der Waals surface area contributed by atoms with E-state index in [9.17, 15) is 13.2 Å². The maximum atomic E-state index is 12.8. The Balaban J connectivity index is 2.09. The molecule has 0 aliphatic heterocycles. The van der Waals surface area contributed by atoms with Crippen LogP contribution in [0.5, 0.6) is 0 Å². The summed E-state index contributed by atoms with van der Waals surface area (Å²) in [6.45, 7) is 0. The van der Waals surface area contributed by atoms with Crippen LogP contribution in [0.1, 0.15) is 19.3 Å². The molecule has 0 amide bonds. The number of Topliss-reactive ketones (excluding diaryl/α,β-unsaturated/α-hetero) is 1. The summed E-state index contributed by atoms with van der Waals surface area (Å²) >= 11 is 0. The number of sulfonamides is 1. The standard InChI is InChI=1S/C17H20N2O3S/c1-19(2)15-9-3-7-13-12(15)6-4-11-17(13)23(21,22)18-14-8-5-10-16(14)20/h3-4,6-7,9,11,14,18H,5,8,10H2,1-2H3. The van der Waals surface area contributed by atoms with E-state index in [-0.39, 0.29) is 10.7 Å². The zero-order valence-electron chi connectivity index (χ0n) is 13.2. The Labute approximate surface area is 136 Å². The summed E-state index contributed by atoms with van der Waals surface area (Å²) in [5.41, 5.74) is 0.955. The highest BCUT2D eigenvalue weighted by Gasteiger charge is 2.30. The molecule has 1 N–H and O–H groups in total. The summed E-state index contributed by atoms with van der Waals surface area (Å²) in [4.78, 5) is 13.9. The maximum absolute atomic E-state index is 12.8. The van der Waals surface area contributed by atoms with Crippen molar-refractivity contribution in [3.05, 3.63) is 36.4 Å². The predicted octanol–water partition coefficient (Wildman–Crippen LogP) is 2.31. The lowest BCUT2D eigenvalue weighted by Crippen LogP contribution is -2.37. The lowest BCUT2D eigenvalue weighted by Gasteiger charge is -2.18. The van der Waals surface area contributed by atoms with Gasteiger partial charge in [0, 0.05) is 37.0 Å². The Hall–Kier alpha value is -1.92. The molecule has 6 heteroatoms. The maximum Gasteiger partial charge on any atom is 0.241 e. The predicted molar refractivity (Wildman–Crippen MR) is 91.2 cm³/mol. The summed E-state index contributed by atoms with van der Waals surface area (Å²) in [5.74, 6) is -0.0252. The minimum Gasteiger partial charge on any atom is -0.377 e. The first-order valence-corrected chi connectivity index (χ1v) is 9.12. The topological polar surface area (TPSA) is 66.5 Å². The van der Waals surface area contributed by atoms with Crippen molar-refractivity contribution in [3.8, 4) is 0 Å². The molecule has 1 unspecified atom stereocenters. The van der Waals surface area contributed by atoms with Crippen molar-refractivity contribution in [2.75, 3.05) is 19.0 Å². The van der Waals surface area contributed by atoms with Gasteiger partial charge in [-0.1, -0.05) is 24.3 Å². The molecule has 1 aliphatic rings. The first-order chi connectivity index (χ1) is 10.9. The summed E-state index contributed by atoms with van der Waals surface area (Å²) in [6.07, 6.45) is 1.77. The van der Waals surface area contributed by atoms with Gasteiger partial charge in [0.1, 0.15) is 0 Å². The summed E-state index contributed by atoms with van der Waals surface area (Å²) in [6, 6.07) is 10.2. The average molecular weight is 332 g/mol. The zero-order valence-corrected chi connectivity index (χ0v) is 14.1. The summed E-state index contributed by atoms with van der Waals surface area (Å²) < 4.78 is 28.1. The van der Waals surface area contributed by atoms with Crippen LogP contribution in [0.15, 0.2) is 41.3 Å². The van der Waals surface area contributed by atoms with Gasteiger partial charge in [0.25, 0.3) is 0 Å². The number of carbonyl (C=O) groups excluding carboxylic acids is 1. The van der Waals surface area contributed by atoms with Crippen LogP contribution in [0.3, 0.4) is 0 Å². The van der Waals surface area contributed by atoms with E-state index < -0.39 is 16.1 Å². The molecule has 1 aliphatic carbocycles. The molecule has 2 aromatic rings. The van der Waals surface area contributed by atoms with Crippen LogP contribution < -0.4 is 9.62 Å². The molecule has 0 aromatic heterocycles. The smallest absolute Gasteiger partial charge is 0.241 e. The molecule has 122 valence electrons. The molecule has 0 spiro atoms. The Bertz CT molecular complexity index is 859. The molecular formula is C17H20N2O3S. The third kappa shape index (κ3) is 2.96. The number of nitrogens with zero attached hydrogens (tertiary/aromatic N) is 1. The zero-order chi connectivity index (χ0) is 16.6. The van der Waals surface area contributed by atoms with Crippen LogP contribution in [0.2, 0.25) is 0 Å². The normalized spacial score (nSPS) is 18.5. The van der Waals surface area contributed by atoms with Crippen LogP contribution in [-0.2, 0) is 14.8 Å². The Kier molecular flexibility index (Phi) is 4.12. The lowest BCUT2D eigenvalue weighted by atomic mass is 10.1. The fourth-order valence-corrected chi connectivity index (χ4v) is 4.56. The molecular weight excluding hydrogens is 312 g/mol. The van der Waals surface area contributed by atoms with Gasteiger partial charge in [0.05, 0.1) is 10.9 Å². The van der Waals surface area contributed by atoms with Crippen molar-refractivity contribution in [1.82, 2.24) is 4.72 Å². The molecule has 3 rings (SSSR count). The molecule has 0 bridgehead atoms. The number of benzene rings is 2.